The summed E-state index contributed by atoms with van der Waals surface area (Å²) in [5.41, 5.74) is 0. The zero-order valence-corrected chi connectivity index (χ0v) is 13.3. The third-order valence-corrected chi connectivity index (χ3v) is 6.45. The summed E-state index contributed by atoms with van der Waals surface area (Å²) in [6.07, 6.45) is 0. The lowest BCUT2D eigenvalue weighted by atomic mass is 10.3. The van der Waals surface area contributed by atoms with Crippen molar-refractivity contribution in [3.05, 3.63) is 52.7 Å². The predicted octanol–water partition coefficient (Wildman–Crippen LogP) is 2.25. The number of benzene rings is 1. The van der Waals surface area contributed by atoms with Crippen LogP contribution in [0, 0.1) is 0 Å². The van der Waals surface area contributed by atoms with Gasteiger partial charge in [-0.3, -0.25) is 4.90 Å². The van der Waals surface area contributed by atoms with Crippen molar-refractivity contribution in [2.75, 3.05) is 26.2 Å². The van der Waals surface area contributed by atoms with Crippen LogP contribution in [-0.2, 0) is 16.6 Å². The van der Waals surface area contributed by atoms with Crippen LogP contribution in [0.1, 0.15) is 4.88 Å². The first-order chi connectivity index (χ1) is 10.2. The molecule has 4 nitrogen and oxygen atoms in total. The van der Waals surface area contributed by atoms with E-state index in [-0.39, 0.29) is 0 Å². The standard InChI is InChI=1S/C15H18N2O2S2/c18-21(19,15-6-2-1-3-7-15)17-10-8-16(9-11-17)13-14-5-4-12-20-14/h1-7,12H,8-11,13H2. The van der Waals surface area contributed by atoms with E-state index in [9.17, 15) is 8.42 Å². The Kier molecular flexibility index (Phi) is 4.40. The van der Waals surface area contributed by atoms with E-state index in [2.05, 4.69) is 22.4 Å². The summed E-state index contributed by atoms with van der Waals surface area (Å²) < 4.78 is 26.6. The Hall–Kier alpha value is -1.21. The molecular weight excluding hydrogens is 304 g/mol. The Morgan fingerprint density at radius 3 is 2.29 bits per heavy atom. The number of thiophene rings is 1. The Bertz CT molecular complexity index is 661. The molecular formula is C15H18N2O2S2. The van der Waals surface area contributed by atoms with Crippen molar-refractivity contribution in [2.45, 2.75) is 11.4 Å². The Morgan fingerprint density at radius 2 is 1.67 bits per heavy atom. The van der Waals surface area contributed by atoms with Crippen LogP contribution in [-0.4, -0.2) is 43.8 Å². The molecule has 0 aliphatic carbocycles. The summed E-state index contributed by atoms with van der Waals surface area (Å²) >= 11 is 1.75. The van der Waals surface area contributed by atoms with Gasteiger partial charge in [-0.2, -0.15) is 4.31 Å². The minimum Gasteiger partial charge on any atom is -0.296 e. The Balaban J connectivity index is 1.63. The van der Waals surface area contributed by atoms with Crippen LogP contribution >= 0.6 is 11.3 Å². The second kappa shape index (κ2) is 6.27. The molecule has 1 saturated heterocycles. The molecule has 2 aromatic rings. The van der Waals surface area contributed by atoms with Gasteiger partial charge in [-0.15, -0.1) is 11.3 Å². The normalized spacial score (nSPS) is 17.9. The van der Waals surface area contributed by atoms with Crippen LogP contribution in [0.5, 0.6) is 0 Å². The fraction of sp³-hybridized carbons (Fsp3) is 0.333. The number of hydrogen-bond acceptors (Lipinski definition) is 4. The van der Waals surface area contributed by atoms with Gasteiger partial charge in [0.25, 0.3) is 0 Å². The van der Waals surface area contributed by atoms with E-state index in [4.69, 9.17) is 0 Å². The third kappa shape index (κ3) is 3.35. The predicted molar refractivity (Wildman–Crippen MR) is 84.8 cm³/mol. The summed E-state index contributed by atoms with van der Waals surface area (Å²) in [5, 5.41) is 2.07. The molecule has 21 heavy (non-hydrogen) atoms. The van der Waals surface area contributed by atoms with Crippen molar-refractivity contribution < 1.29 is 8.42 Å². The number of hydrogen-bond donors (Lipinski definition) is 0. The van der Waals surface area contributed by atoms with Crippen LogP contribution in [0.3, 0.4) is 0 Å². The molecule has 0 radical (unpaired) electrons. The minimum atomic E-state index is -3.34. The maximum atomic E-state index is 12.5. The molecule has 1 aromatic carbocycles. The molecule has 1 aliphatic heterocycles. The van der Waals surface area contributed by atoms with Gasteiger partial charge in [-0.1, -0.05) is 24.3 Å². The fourth-order valence-corrected chi connectivity index (χ4v) is 4.68. The molecule has 6 heteroatoms. The molecule has 1 fully saturated rings. The maximum Gasteiger partial charge on any atom is 0.243 e. The van der Waals surface area contributed by atoms with Crippen LogP contribution in [0.4, 0.5) is 0 Å². The SMILES string of the molecule is O=S(=O)(c1ccccc1)N1CCN(Cc2cccs2)CC1. The summed E-state index contributed by atoms with van der Waals surface area (Å²) in [4.78, 5) is 4.02. The molecule has 1 aliphatic rings. The molecule has 112 valence electrons. The highest BCUT2D eigenvalue weighted by atomic mass is 32.2. The van der Waals surface area contributed by atoms with E-state index >= 15 is 0 Å². The summed E-state index contributed by atoms with van der Waals surface area (Å²) in [7, 11) is -3.34. The first-order valence-electron chi connectivity index (χ1n) is 6.96. The van der Waals surface area contributed by atoms with Gasteiger partial charge in [-0.25, -0.2) is 8.42 Å². The van der Waals surface area contributed by atoms with Gasteiger partial charge in [0.1, 0.15) is 0 Å². The van der Waals surface area contributed by atoms with E-state index in [0.29, 0.717) is 18.0 Å². The summed E-state index contributed by atoms with van der Waals surface area (Å²) in [6.45, 7) is 3.59. The number of rotatable bonds is 4. The molecule has 0 spiro atoms. The van der Waals surface area contributed by atoms with Gasteiger partial charge in [-0.05, 0) is 23.6 Å². The maximum absolute atomic E-state index is 12.5. The average molecular weight is 322 g/mol. The molecule has 0 unspecified atom stereocenters. The zero-order valence-electron chi connectivity index (χ0n) is 11.7. The van der Waals surface area contributed by atoms with Crippen molar-refractivity contribution in [1.29, 1.82) is 0 Å². The third-order valence-electron chi connectivity index (χ3n) is 3.67. The van der Waals surface area contributed by atoms with E-state index in [1.54, 1.807) is 39.9 Å². The van der Waals surface area contributed by atoms with E-state index in [1.165, 1.54) is 4.88 Å². The van der Waals surface area contributed by atoms with Gasteiger partial charge in [0, 0.05) is 37.6 Å². The second-order valence-electron chi connectivity index (χ2n) is 5.07. The molecule has 3 rings (SSSR count). The summed E-state index contributed by atoms with van der Waals surface area (Å²) in [6, 6.07) is 12.9. The second-order valence-corrected chi connectivity index (χ2v) is 8.04. The molecule has 0 atom stereocenters. The minimum absolute atomic E-state index is 0.386. The largest absolute Gasteiger partial charge is 0.296 e. The van der Waals surface area contributed by atoms with Crippen molar-refractivity contribution in [3.63, 3.8) is 0 Å². The smallest absolute Gasteiger partial charge is 0.243 e. The fourth-order valence-electron chi connectivity index (χ4n) is 2.49. The number of sulfonamides is 1. The summed E-state index contributed by atoms with van der Waals surface area (Å²) in [5.74, 6) is 0. The quantitative estimate of drug-likeness (QED) is 0.867. The molecule has 2 heterocycles. The van der Waals surface area contributed by atoms with Gasteiger partial charge >= 0.3 is 0 Å². The Labute approximate surface area is 129 Å². The Morgan fingerprint density at radius 1 is 0.952 bits per heavy atom. The monoisotopic (exact) mass is 322 g/mol. The molecule has 1 aromatic heterocycles. The van der Waals surface area contributed by atoms with Gasteiger partial charge in [0.2, 0.25) is 10.0 Å². The van der Waals surface area contributed by atoms with Gasteiger partial charge in [0.15, 0.2) is 0 Å². The van der Waals surface area contributed by atoms with Crippen molar-refractivity contribution in [3.8, 4) is 0 Å². The lowest BCUT2D eigenvalue weighted by Crippen LogP contribution is -2.48. The topological polar surface area (TPSA) is 40.6 Å². The lowest BCUT2D eigenvalue weighted by molar-refractivity contribution is 0.183. The van der Waals surface area contributed by atoms with E-state index in [1.807, 2.05) is 6.07 Å². The molecule has 0 N–H and O–H groups in total. The first-order valence-corrected chi connectivity index (χ1v) is 9.28. The first kappa shape index (κ1) is 14.7. The highest BCUT2D eigenvalue weighted by Gasteiger charge is 2.28. The zero-order chi connectivity index (χ0) is 14.7. The number of nitrogens with zero attached hydrogens (tertiary/aromatic N) is 2. The van der Waals surface area contributed by atoms with Crippen molar-refractivity contribution >= 4 is 21.4 Å². The number of piperazine rings is 1. The van der Waals surface area contributed by atoms with Crippen molar-refractivity contribution in [1.82, 2.24) is 9.21 Å². The van der Waals surface area contributed by atoms with Crippen LogP contribution < -0.4 is 0 Å². The van der Waals surface area contributed by atoms with Crippen LogP contribution in [0.2, 0.25) is 0 Å². The average Bonchev–Trinajstić information content (AvgIpc) is 3.02. The lowest BCUT2D eigenvalue weighted by Gasteiger charge is -2.33. The van der Waals surface area contributed by atoms with Gasteiger partial charge < -0.3 is 0 Å². The van der Waals surface area contributed by atoms with E-state index < -0.39 is 10.0 Å². The molecule has 0 saturated carbocycles. The highest BCUT2D eigenvalue weighted by molar-refractivity contribution is 7.89. The molecule has 0 bridgehead atoms. The highest BCUT2D eigenvalue weighted by Crippen LogP contribution is 2.19. The van der Waals surface area contributed by atoms with Crippen molar-refractivity contribution in [2.24, 2.45) is 0 Å². The van der Waals surface area contributed by atoms with E-state index in [0.717, 1.165) is 19.6 Å². The van der Waals surface area contributed by atoms with Gasteiger partial charge in [0.05, 0.1) is 4.90 Å². The van der Waals surface area contributed by atoms with Crippen LogP contribution in [0.15, 0.2) is 52.7 Å². The van der Waals surface area contributed by atoms with Crippen LogP contribution in [0.25, 0.3) is 0 Å². The molecule has 0 amide bonds.